The number of oxazole rings is 3. The molecule has 34 heavy (non-hydrogen) atoms. The van der Waals surface area contributed by atoms with E-state index in [0.29, 0.717) is 39.9 Å². The lowest BCUT2D eigenvalue weighted by atomic mass is 10.2. The number of para-hydroxylation sites is 4. The number of hydrogen-bond acceptors (Lipinski definition) is 8. The minimum atomic E-state index is 0.283. The smallest absolute Gasteiger partial charge is 0.266 e. The third-order valence-corrected chi connectivity index (χ3v) is 5.49. The first-order valence-electron chi connectivity index (χ1n) is 10.7. The molecule has 8 nitrogen and oxygen atoms in total. The summed E-state index contributed by atoms with van der Waals surface area (Å²) in [7, 11) is 0. The maximum Gasteiger partial charge on any atom is 0.266 e. The molecule has 0 spiro atoms. The van der Waals surface area contributed by atoms with Gasteiger partial charge in [0.2, 0.25) is 17.6 Å². The molecule has 0 saturated heterocycles. The van der Waals surface area contributed by atoms with E-state index < -0.39 is 0 Å². The summed E-state index contributed by atoms with van der Waals surface area (Å²) in [5.74, 6) is 1.28. The van der Waals surface area contributed by atoms with Gasteiger partial charge in [0.1, 0.15) is 27.9 Å². The minimum Gasteiger partial charge on any atom is -0.435 e. The van der Waals surface area contributed by atoms with E-state index in [2.05, 4.69) is 24.9 Å². The van der Waals surface area contributed by atoms with Crippen molar-refractivity contribution in [2.45, 2.75) is 6.92 Å². The summed E-state index contributed by atoms with van der Waals surface area (Å²) in [6.45, 7) is 2.00. The third kappa shape index (κ3) is 3.04. The number of aryl methyl sites for hydroxylation is 1. The Hall–Kier alpha value is -4.85. The number of aromatic nitrogens is 5. The largest absolute Gasteiger partial charge is 0.435 e. The SMILES string of the molecule is Cc1ccc2nc(-c3nc(-c4nc5ccccc5o4)cc(-c4nc5ccccc5o4)n3)oc2c1. The van der Waals surface area contributed by atoms with Crippen molar-refractivity contribution < 1.29 is 13.3 Å². The van der Waals surface area contributed by atoms with Crippen LogP contribution in [0.1, 0.15) is 5.56 Å². The molecule has 0 fully saturated rings. The molecule has 7 aromatic rings. The molecular formula is C26H15N5O3. The number of fused-ring (bicyclic) bond motifs is 3. The van der Waals surface area contributed by atoms with Crippen LogP contribution in [-0.4, -0.2) is 24.9 Å². The first-order valence-corrected chi connectivity index (χ1v) is 10.7. The lowest BCUT2D eigenvalue weighted by Crippen LogP contribution is -1.96. The Morgan fingerprint density at radius 2 is 1.03 bits per heavy atom. The molecule has 4 aromatic heterocycles. The van der Waals surface area contributed by atoms with Crippen LogP contribution in [0.3, 0.4) is 0 Å². The number of benzene rings is 3. The van der Waals surface area contributed by atoms with Crippen LogP contribution in [-0.2, 0) is 0 Å². The summed E-state index contributed by atoms with van der Waals surface area (Å²) in [4.78, 5) is 23.1. The molecule has 0 saturated carbocycles. The quantitative estimate of drug-likeness (QED) is 0.316. The van der Waals surface area contributed by atoms with Crippen LogP contribution in [0, 0.1) is 6.92 Å². The molecule has 0 unspecified atom stereocenters. The summed E-state index contributed by atoms with van der Waals surface area (Å²) in [5, 5.41) is 0. The summed E-state index contributed by atoms with van der Waals surface area (Å²) in [6.07, 6.45) is 0. The van der Waals surface area contributed by atoms with Crippen molar-refractivity contribution in [3.63, 3.8) is 0 Å². The second-order valence-electron chi connectivity index (χ2n) is 7.93. The van der Waals surface area contributed by atoms with Gasteiger partial charge >= 0.3 is 0 Å². The van der Waals surface area contributed by atoms with Crippen molar-refractivity contribution in [3.8, 4) is 34.9 Å². The van der Waals surface area contributed by atoms with Gasteiger partial charge in [0.15, 0.2) is 16.7 Å². The summed E-state index contributed by atoms with van der Waals surface area (Å²) in [5.41, 5.74) is 6.19. The highest BCUT2D eigenvalue weighted by molar-refractivity contribution is 5.79. The summed E-state index contributed by atoms with van der Waals surface area (Å²) >= 11 is 0. The van der Waals surface area contributed by atoms with Gasteiger partial charge in [-0.1, -0.05) is 30.3 Å². The number of hydrogen-bond donors (Lipinski definition) is 0. The van der Waals surface area contributed by atoms with E-state index in [1.807, 2.05) is 73.7 Å². The zero-order chi connectivity index (χ0) is 22.6. The Balaban J connectivity index is 1.45. The Labute approximate surface area is 191 Å². The van der Waals surface area contributed by atoms with Crippen molar-refractivity contribution in [2.24, 2.45) is 0 Å². The fraction of sp³-hybridized carbons (Fsp3) is 0.0385. The highest BCUT2D eigenvalue weighted by Gasteiger charge is 2.20. The van der Waals surface area contributed by atoms with E-state index in [9.17, 15) is 0 Å². The van der Waals surface area contributed by atoms with Crippen molar-refractivity contribution in [3.05, 3.63) is 78.4 Å². The molecule has 0 amide bonds. The lowest BCUT2D eigenvalue weighted by molar-refractivity contribution is 0.604. The van der Waals surface area contributed by atoms with Crippen molar-refractivity contribution in [1.82, 2.24) is 24.9 Å². The topological polar surface area (TPSA) is 104 Å². The van der Waals surface area contributed by atoms with Crippen LogP contribution >= 0.6 is 0 Å². The maximum atomic E-state index is 6.00. The summed E-state index contributed by atoms with van der Waals surface area (Å²) in [6, 6.07) is 22.7. The molecule has 0 radical (unpaired) electrons. The van der Waals surface area contributed by atoms with E-state index in [1.54, 1.807) is 6.07 Å². The van der Waals surface area contributed by atoms with E-state index in [4.69, 9.17) is 13.3 Å². The Morgan fingerprint density at radius 3 is 1.65 bits per heavy atom. The fourth-order valence-corrected chi connectivity index (χ4v) is 3.85. The van der Waals surface area contributed by atoms with Crippen molar-refractivity contribution >= 4 is 33.3 Å². The first kappa shape index (κ1) is 18.7. The van der Waals surface area contributed by atoms with Gasteiger partial charge in [-0.05, 0) is 48.9 Å². The lowest BCUT2D eigenvalue weighted by Gasteiger charge is -2.02. The monoisotopic (exact) mass is 445 g/mol. The average Bonchev–Trinajstić information content (AvgIpc) is 3.59. The van der Waals surface area contributed by atoms with Crippen LogP contribution in [0.4, 0.5) is 0 Å². The van der Waals surface area contributed by atoms with Crippen molar-refractivity contribution in [1.29, 1.82) is 0 Å². The highest BCUT2D eigenvalue weighted by atomic mass is 16.4. The van der Waals surface area contributed by atoms with Gasteiger partial charge in [0.05, 0.1) is 0 Å². The third-order valence-electron chi connectivity index (χ3n) is 5.49. The second kappa shape index (κ2) is 7.08. The van der Waals surface area contributed by atoms with Gasteiger partial charge in [0, 0.05) is 6.07 Å². The van der Waals surface area contributed by atoms with Crippen LogP contribution < -0.4 is 0 Å². The maximum absolute atomic E-state index is 6.00. The van der Waals surface area contributed by atoms with Crippen LogP contribution in [0.5, 0.6) is 0 Å². The molecule has 162 valence electrons. The van der Waals surface area contributed by atoms with Crippen LogP contribution in [0.25, 0.3) is 68.2 Å². The summed E-state index contributed by atoms with van der Waals surface area (Å²) < 4.78 is 17.9. The van der Waals surface area contributed by atoms with E-state index >= 15 is 0 Å². The Bertz CT molecular complexity index is 1690. The van der Waals surface area contributed by atoms with Gasteiger partial charge in [0.25, 0.3) is 5.89 Å². The zero-order valence-corrected chi connectivity index (χ0v) is 17.9. The molecule has 4 heterocycles. The molecule has 0 N–H and O–H groups in total. The molecule has 8 heteroatoms. The van der Waals surface area contributed by atoms with Crippen molar-refractivity contribution in [2.75, 3.05) is 0 Å². The average molecular weight is 445 g/mol. The fourth-order valence-electron chi connectivity index (χ4n) is 3.85. The standard InChI is InChI=1S/C26H15N5O3/c1-14-10-11-17-22(12-14)34-26(31-17)23-27-18(24-29-15-6-2-4-8-20(15)32-24)13-19(28-23)25-30-16-7-3-5-9-21(16)33-25/h2-13H,1H3. The number of nitrogens with zero attached hydrogens (tertiary/aromatic N) is 5. The first-order chi connectivity index (χ1) is 16.7. The molecule has 7 rings (SSSR count). The molecular weight excluding hydrogens is 430 g/mol. The number of rotatable bonds is 3. The molecule has 0 aliphatic carbocycles. The molecule has 0 aliphatic rings. The second-order valence-corrected chi connectivity index (χ2v) is 7.93. The van der Waals surface area contributed by atoms with Gasteiger partial charge in [-0.2, -0.15) is 0 Å². The highest BCUT2D eigenvalue weighted by Crippen LogP contribution is 2.31. The van der Waals surface area contributed by atoms with E-state index in [1.165, 1.54) is 0 Å². The predicted octanol–water partition coefficient (Wildman–Crippen LogP) is 6.21. The molecule has 0 aliphatic heterocycles. The van der Waals surface area contributed by atoms with E-state index in [0.717, 1.165) is 22.1 Å². The van der Waals surface area contributed by atoms with E-state index in [-0.39, 0.29) is 11.7 Å². The zero-order valence-electron chi connectivity index (χ0n) is 17.9. The predicted molar refractivity (Wildman–Crippen MR) is 126 cm³/mol. The van der Waals surface area contributed by atoms with Gasteiger partial charge in [-0.15, -0.1) is 0 Å². The van der Waals surface area contributed by atoms with Gasteiger partial charge in [-0.25, -0.2) is 24.9 Å². The minimum absolute atomic E-state index is 0.283. The van der Waals surface area contributed by atoms with Crippen LogP contribution in [0.2, 0.25) is 0 Å². The van der Waals surface area contributed by atoms with Gasteiger partial charge in [-0.3, -0.25) is 0 Å². The Kier molecular flexibility index (Phi) is 3.89. The molecule has 0 atom stereocenters. The molecule has 0 bridgehead atoms. The Morgan fingerprint density at radius 1 is 0.500 bits per heavy atom. The van der Waals surface area contributed by atoms with Gasteiger partial charge < -0.3 is 13.3 Å². The molecule has 3 aromatic carbocycles. The van der Waals surface area contributed by atoms with Crippen LogP contribution in [0.15, 0.2) is 86.0 Å². The normalized spacial score (nSPS) is 11.7.